The second-order valence-electron chi connectivity index (χ2n) is 0. The monoisotopic (exact) mass is 192 g/mol. The molecule has 0 saturated carbocycles. The van der Waals surface area contributed by atoms with Crippen LogP contribution >= 0.6 is 0 Å². The summed E-state index contributed by atoms with van der Waals surface area (Å²) < 4.78 is 0. The van der Waals surface area contributed by atoms with Crippen LogP contribution in [-0.4, -0.2) is 0 Å². The smallest absolute Gasteiger partial charge is 0 e. The van der Waals surface area contributed by atoms with E-state index < -0.39 is 0 Å². The van der Waals surface area contributed by atoms with E-state index in [-0.39, 0.29) is 61.3 Å². The van der Waals surface area contributed by atoms with Gasteiger partial charge < -0.3 is 0 Å². The quantitative estimate of drug-likeness (QED) is 0.544. The van der Waals surface area contributed by atoms with Gasteiger partial charge in [-0.3, -0.25) is 4.70 Å². The minimum Gasteiger partial charge on any atom is -0.269 e. The van der Waals surface area contributed by atoms with E-state index in [1.54, 1.807) is 0 Å². The first-order valence-corrected chi connectivity index (χ1v) is 0. The first kappa shape index (κ1) is 57.6. The molecular formula is C2H9CeF. The maximum Gasteiger partial charge on any atom is 0 e. The van der Waals surface area contributed by atoms with E-state index in [9.17, 15) is 0 Å². The van der Waals surface area contributed by atoms with Crippen LogP contribution in [0.3, 0.4) is 0 Å². The van der Waals surface area contributed by atoms with Crippen LogP contribution in [0, 0.1) is 41.7 Å². The molecule has 0 radical (unpaired) electrons. The molecule has 0 amide bonds. The molecule has 0 aromatic carbocycles. The van der Waals surface area contributed by atoms with Crippen molar-refractivity contribution in [3.8, 4) is 0 Å². The zero-order chi connectivity index (χ0) is 0. The van der Waals surface area contributed by atoms with Gasteiger partial charge in [0.25, 0.3) is 0 Å². The molecule has 2 heteroatoms. The molecule has 0 aliphatic heterocycles. The topological polar surface area (TPSA) is 0 Å². The first-order chi connectivity index (χ1) is 0. The fraction of sp³-hybridized carbons (Fsp3) is 1.00. The molecule has 0 atom stereocenters. The Bertz CT molecular complexity index is 6.00. The molecule has 28 valence electrons. The van der Waals surface area contributed by atoms with E-state index in [2.05, 4.69) is 0 Å². The summed E-state index contributed by atoms with van der Waals surface area (Å²) in [6.07, 6.45) is 0. The Morgan fingerprint density at radius 2 is 0.750 bits per heavy atom. The zero-order valence-electron chi connectivity index (χ0n) is 0.908. The van der Waals surface area contributed by atoms with Gasteiger partial charge >= 0.3 is 0 Å². The van der Waals surface area contributed by atoms with Crippen molar-refractivity contribution in [2.45, 2.75) is 14.9 Å². The van der Waals surface area contributed by atoms with E-state index in [4.69, 9.17) is 0 Å². The molecule has 0 aliphatic carbocycles. The van der Waals surface area contributed by atoms with Crippen LogP contribution in [0.25, 0.3) is 0 Å². The number of hydrogen-bond donors (Lipinski definition) is 0. The van der Waals surface area contributed by atoms with Crippen LogP contribution in [0.2, 0.25) is 0 Å². The zero-order valence-corrected chi connectivity index (χ0v) is 4.05. The van der Waals surface area contributed by atoms with Gasteiger partial charge in [0.2, 0.25) is 0 Å². The average Bonchev–Trinajstić information content (AvgIpc) is 0. The van der Waals surface area contributed by atoms with Gasteiger partial charge in [-0.15, -0.1) is 0 Å². The molecule has 0 aromatic rings. The molecule has 0 saturated heterocycles. The predicted octanol–water partition coefficient (Wildman–Crippen LogP) is 1.42. The maximum absolute atomic E-state index is 0. The standard InChI is InChI=1S/2CH4.Ce.FH/h2*1H4;;1H. The maximum atomic E-state index is 0. The third-order valence-electron chi connectivity index (χ3n) is 0. The second-order valence-corrected chi connectivity index (χ2v) is 0. The van der Waals surface area contributed by atoms with E-state index >= 15 is 0 Å². The molecule has 0 fully saturated rings. The van der Waals surface area contributed by atoms with Crippen molar-refractivity contribution in [1.29, 1.82) is 0 Å². The van der Waals surface area contributed by atoms with Crippen LogP contribution in [0.1, 0.15) is 14.9 Å². The van der Waals surface area contributed by atoms with Crippen molar-refractivity contribution >= 4 is 0 Å². The Morgan fingerprint density at radius 3 is 0.750 bits per heavy atom. The van der Waals surface area contributed by atoms with Crippen LogP contribution in [0.4, 0.5) is 4.70 Å². The third-order valence-corrected chi connectivity index (χ3v) is 0. The predicted molar refractivity (Wildman–Crippen MR) is 16.0 cm³/mol. The molecule has 0 nitrogen and oxygen atoms in total. The number of hydrogen-bond acceptors (Lipinski definition) is 0. The minimum atomic E-state index is 0. The summed E-state index contributed by atoms with van der Waals surface area (Å²) in [5.74, 6) is 0. The molecule has 0 bridgehead atoms. The Hall–Kier alpha value is 1.31. The van der Waals surface area contributed by atoms with E-state index in [0.717, 1.165) is 0 Å². The van der Waals surface area contributed by atoms with Crippen LogP contribution in [0.15, 0.2) is 0 Å². The van der Waals surface area contributed by atoms with E-state index in [0.29, 0.717) is 0 Å². The van der Waals surface area contributed by atoms with Crippen molar-refractivity contribution < 1.29 is 46.5 Å². The molecule has 0 rings (SSSR count). The SMILES string of the molecule is C.C.F.[Ce]. The van der Waals surface area contributed by atoms with Gasteiger partial charge in [0.15, 0.2) is 0 Å². The molecule has 0 N–H and O–H groups in total. The third kappa shape index (κ3) is 10.3. The Balaban J connectivity index is 0. The number of rotatable bonds is 0. The van der Waals surface area contributed by atoms with Crippen LogP contribution in [0.5, 0.6) is 0 Å². The minimum absolute atomic E-state index is 0. The fourth-order valence-corrected chi connectivity index (χ4v) is 0. The normalized spacial score (nSPS) is 0. The average molecular weight is 192 g/mol. The molecule has 0 aliphatic rings. The Labute approximate surface area is 60.7 Å². The summed E-state index contributed by atoms with van der Waals surface area (Å²) in [5, 5.41) is 0. The summed E-state index contributed by atoms with van der Waals surface area (Å²) in [6.45, 7) is 0. The van der Waals surface area contributed by atoms with Gasteiger partial charge in [-0.25, -0.2) is 0 Å². The van der Waals surface area contributed by atoms with E-state index in [1.165, 1.54) is 0 Å². The molecular weight excluding hydrogens is 183 g/mol. The molecule has 0 unspecified atom stereocenters. The summed E-state index contributed by atoms with van der Waals surface area (Å²) >= 11 is 0. The molecule has 0 heterocycles. The fourth-order valence-electron chi connectivity index (χ4n) is 0. The Kier molecular flexibility index (Phi) is 397. The molecule has 0 spiro atoms. The van der Waals surface area contributed by atoms with Gasteiger partial charge in [-0.2, -0.15) is 0 Å². The van der Waals surface area contributed by atoms with Crippen molar-refractivity contribution in [2.24, 2.45) is 0 Å². The van der Waals surface area contributed by atoms with Gasteiger partial charge in [0.1, 0.15) is 0 Å². The van der Waals surface area contributed by atoms with Gasteiger partial charge in [0.05, 0.1) is 0 Å². The Morgan fingerprint density at radius 1 is 0.750 bits per heavy atom. The van der Waals surface area contributed by atoms with Gasteiger partial charge in [0, 0.05) is 41.7 Å². The van der Waals surface area contributed by atoms with Crippen molar-refractivity contribution in [3.05, 3.63) is 0 Å². The van der Waals surface area contributed by atoms with Crippen molar-refractivity contribution in [1.82, 2.24) is 0 Å². The molecule has 4 heavy (non-hydrogen) atoms. The van der Waals surface area contributed by atoms with Gasteiger partial charge in [-0.1, -0.05) is 14.9 Å². The summed E-state index contributed by atoms with van der Waals surface area (Å²) in [5.41, 5.74) is 0. The summed E-state index contributed by atoms with van der Waals surface area (Å²) in [4.78, 5) is 0. The van der Waals surface area contributed by atoms with Crippen molar-refractivity contribution in [3.63, 3.8) is 0 Å². The van der Waals surface area contributed by atoms with Crippen molar-refractivity contribution in [2.75, 3.05) is 0 Å². The van der Waals surface area contributed by atoms with Crippen LogP contribution in [-0.2, 0) is 0 Å². The van der Waals surface area contributed by atoms with E-state index in [1.807, 2.05) is 0 Å². The van der Waals surface area contributed by atoms with Crippen LogP contribution < -0.4 is 0 Å². The number of halogens is 1. The first-order valence-electron chi connectivity index (χ1n) is 0. The molecule has 0 aromatic heterocycles. The summed E-state index contributed by atoms with van der Waals surface area (Å²) in [6, 6.07) is 0. The summed E-state index contributed by atoms with van der Waals surface area (Å²) in [7, 11) is 0. The largest absolute Gasteiger partial charge is 0.269 e. The van der Waals surface area contributed by atoms with Gasteiger partial charge in [-0.05, 0) is 0 Å². The second kappa shape index (κ2) is 27.6.